The maximum atomic E-state index is 10.9. The standard InChI is InChI=1S/C17H36O4S.Na/c1-5-9-10-16(8-4)12-14-17(21-22(18,19)20)13-11-15(6-2)7-3;/h15-17H,5-14H2,1-4H3,(H,18,19,20);/q;+1/p-1/t16-,17?;/m1./s1. The van der Waals surface area contributed by atoms with E-state index < -0.39 is 16.5 Å². The molecular weight excluding hydrogens is 323 g/mol. The van der Waals surface area contributed by atoms with Crippen molar-refractivity contribution in [2.75, 3.05) is 0 Å². The van der Waals surface area contributed by atoms with E-state index in [2.05, 4.69) is 27.7 Å². The molecule has 0 spiro atoms. The molecule has 0 amide bonds. The Balaban J connectivity index is 0. The van der Waals surface area contributed by atoms with Crippen LogP contribution in [0.1, 0.15) is 91.9 Å². The van der Waals surface area contributed by atoms with Crippen LogP contribution in [0.4, 0.5) is 0 Å². The van der Waals surface area contributed by atoms with E-state index in [1.807, 2.05) is 0 Å². The van der Waals surface area contributed by atoms with Crippen molar-refractivity contribution in [1.82, 2.24) is 0 Å². The van der Waals surface area contributed by atoms with Crippen LogP contribution in [0.2, 0.25) is 0 Å². The molecule has 0 aromatic heterocycles. The van der Waals surface area contributed by atoms with E-state index in [0.717, 1.165) is 32.1 Å². The Hall–Kier alpha value is 0.870. The molecule has 0 radical (unpaired) electrons. The predicted molar refractivity (Wildman–Crippen MR) is 90.4 cm³/mol. The largest absolute Gasteiger partial charge is 1.00 e. The van der Waals surface area contributed by atoms with E-state index in [-0.39, 0.29) is 29.6 Å². The summed E-state index contributed by atoms with van der Waals surface area (Å²) in [5, 5.41) is 0. The number of hydrogen-bond donors (Lipinski definition) is 0. The Morgan fingerprint density at radius 2 is 1.30 bits per heavy atom. The Labute approximate surface area is 166 Å². The van der Waals surface area contributed by atoms with Gasteiger partial charge in [-0.05, 0) is 37.5 Å². The summed E-state index contributed by atoms with van der Waals surface area (Å²) in [6.07, 6.45) is 9.60. The first-order valence-corrected chi connectivity index (χ1v) is 10.3. The molecule has 0 aliphatic carbocycles. The molecule has 6 heteroatoms. The van der Waals surface area contributed by atoms with Crippen molar-refractivity contribution < 1.29 is 46.7 Å². The summed E-state index contributed by atoms with van der Waals surface area (Å²) in [7, 11) is -4.61. The Bertz CT molecular complexity index is 356. The van der Waals surface area contributed by atoms with Crippen molar-refractivity contribution in [2.45, 2.75) is 98.0 Å². The molecule has 0 bridgehead atoms. The fourth-order valence-electron chi connectivity index (χ4n) is 2.99. The third-order valence-electron chi connectivity index (χ3n) is 4.75. The van der Waals surface area contributed by atoms with Crippen LogP contribution in [-0.4, -0.2) is 19.1 Å². The topological polar surface area (TPSA) is 66.4 Å². The van der Waals surface area contributed by atoms with Gasteiger partial charge in [-0.1, -0.05) is 66.2 Å². The fourth-order valence-corrected chi connectivity index (χ4v) is 3.52. The van der Waals surface area contributed by atoms with Gasteiger partial charge in [-0.2, -0.15) is 0 Å². The smallest absolute Gasteiger partial charge is 0.726 e. The van der Waals surface area contributed by atoms with Crippen molar-refractivity contribution in [3.63, 3.8) is 0 Å². The van der Waals surface area contributed by atoms with Gasteiger partial charge in [0.2, 0.25) is 10.4 Å². The summed E-state index contributed by atoms with van der Waals surface area (Å²) >= 11 is 0. The summed E-state index contributed by atoms with van der Waals surface area (Å²) in [5.74, 6) is 1.19. The third-order valence-corrected chi connectivity index (χ3v) is 5.25. The summed E-state index contributed by atoms with van der Waals surface area (Å²) in [4.78, 5) is 0. The van der Waals surface area contributed by atoms with E-state index in [1.54, 1.807) is 0 Å². The first-order valence-electron chi connectivity index (χ1n) is 9.00. The average molecular weight is 359 g/mol. The molecule has 0 aromatic carbocycles. The van der Waals surface area contributed by atoms with Crippen LogP contribution in [-0.2, 0) is 14.6 Å². The van der Waals surface area contributed by atoms with E-state index in [9.17, 15) is 13.0 Å². The molecule has 0 N–H and O–H groups in total. The molecule has 23 heavy (non-hydrogen) atoms. The van der Waals surface area contributed by atoms with Gasteiger partial charge in [-0.3, -0.25) is 4.18 Å². The molecule has 0 rings (SSSR count). The summed E-state index contributed by atoms with van der Waals surface area (Å²) in [6, 6.07) is 0. The molecule has 0 aliphatic heterocycles. The van der Waals surface area contributed by atoms with E-state index in [4.69, 9.17) is 4.18 Å². The monoisotopic (exact) mass is 358 g/mol. The van der Waals surface area contributed by atoms with Crippen LogP contribution >= 0.6 is 0 Å². The maximum Gasteiger partial charge on any atom is 1.00 e. The summed E-state index contributed by atoms with van der Waals surface area (Å²) in [6.45, 7) is 8.64. The van der Waals surface area contributed by atoms with E-state index in [0.29, 0.717) is 24.7 Å². The maximum absolute atomic E-state index is 10.9. The van der Waals surface area contributed by atoms with Crippen LogP contribution in [0.5, 0.6) is 0 Å². The van der Waals surface area contributed by atoms with Gasteiger partial charge < -0.3 is 4.55 Å². The van der Waals surface area contributed by atoms with Crippen LogP contribution in [0.25, 0.3) is 0 Å². The molecule has 0 saturated carbocycles. The van der Waals surface area contributed by atoms with Gasteiger partial charge in [0.1, 0.15) is 0 Å². The molecular formula is C17H35NaO4S. The first-order chi connectivity index (χ1) is 10.4. The predicted octanol–water partition coefficient (Wildman–Crippen LogP) is 2.05. The van der Waals surface area contributed by atoms with E-state index >= 15 is 0 Å². The van der Waals surface area contributed by atoms with Crippen LogP contribution < -0.4 is 29.6 Å². The van der Waals surface area contributed by atoms with Crippen LogP contribution in [0.15, 0.2) is 0 Å². The van der Waals surface area contributed by atoms with Crippen LogP contribution in [0, 0.1) is 11.8 Å². The number of rotatable bonds is 14. The Morgan fingerprint density at radius 1 is 0.826 bits per heavy atom. The van der Waals surface area contributed by atoms with Crippen LogP contribution in [0.3, 0.4) is 0 Å². The second-order valence-corrected chi connectivity index (χ2v) is 7.39. The number of unbranched alkanes of at least 4 members (excludes halogenated alkanes) is 1. The van der Waals surface area contributed by atoms with Gasteiger partial charge >= 0.3 is 29.6 Å². The minimum Gasteiger partial charge on any atom is -0.726 e. The minimum absolute atomic E-state index is 0. The SMILES string of the molecule is CCCC[C@@H](CC)CCC(CCC(CC)CC)OS(=O)(=O)[O-].[Na+]. The first kappa shape index (κ1) is 26.1. The molecule has 1 unspecified atom stereocenters. The Morgan fingerprint density at radius 3 is 1.70 bits per heavy atom. The average Bonchev–Trinajstić information content (AvgIpc) is 2.46. The Kier molecular flexibility index (Phi) is 17.2. The molecule has 0 aromatic rings. The normalized spacial score (nSPS) is 14.5. The molecule has 134 valence electrons. The van der Waals surface area contributed by atoms with Crippen molar-refractivity contribution in [3.8, 4) is 0 Å². The van der Waals surface area contributed by atoms with Gasteiger partial charge in [0, 0.05) is 0 Å². The molecule has 0 saturated heterocycles. The van der Waals surface area contributed by atoms with Crippen molar-refractivity contribution in [2.24, 2.45) is 11.8 Å². The second kappa shape index (κ2) is 15.2. The molecule has 2 atom stereocenters. The molecule has 4 nitrogen and oxygen atoms in total. The zero-order valence-electron chi connectivity index (χ0n) is 15.8. The van der Waals surface area contributed by atoms with Crippen molar-refractivity contribution >= 4 is 10.4 Å². The van der Waals surface area contributed by atoms with Gasteiger partial charge in [-0.25, -0.2) is 8.42 Å². The molecule has 0 heterocycles. The van der Waals surface area contributed by atoms with Gasteiger partial charge in [0.15, 0.2) is 0 Å². The van der Waals surface area contributed by atoms with Gasteiger partial charge in [-0.15, -0.1) is 0 Å². The quantitative estimate of drug-likeness (QED) is 0.271. The summed E-state index contributed by atoms with van der Waals surface area (Å²) < 4.78 is 37.6. The van der Waals surface area contributed by atoms with E-state index in [1.165, 1.54) is 19.3 Å². The molecule has 0 fully saturated rings. The number of hydrogen-bond acceptors (Lipinski definition) is 4. The molecule has 0 aliphatic rings. The minimum atomic E-state index is -4.61. The van der Waals surface area contributed by atoms with Crippen molar-refractivity contribution in [1.29, 1.82) is 0 Å². The third kappa shape index (κ3) is 14.9. The second-order valence-electron chi connectivity index (χ2n) is 6.38. The summed E-state index contributed by atoms with van der Waals surface area (Å²) in [5.41, 5.74) is 0. The van der Waals surface area contributed by atoms with Gasteiger partial charge in [0.25, 0.3) is 0 Å². The zero-order valence-corrected chi connectivity index (χ0v) is 18.7. The zero-order chi connectivity index (χ0) is 17.0. The fraction of sp³-hybridized carbons (Fsp3) is 1.00. The van der Waals surface area contributed by atoms with Gasteiger partial charge in [0.05, 0.1) is 6.10 Å². The van der Waals surface area contributed by atoms with Crippen molar-refractivity contribution in [3.05, 3.63) is 0 Å².